The third kappa shape index (κ3) is 59.5. The molecule has 0 heterocycles. The smallest absolute Gasteiger partial charge is 0.411 e. The van der Waals surface area contributed by atoms with Gasteiger partial charge in [0.15, 0.2) is 0 Å². The van der Waals surface area contributed by atoms with Crippen LogP contribution in [0.4, 0.5) is 11.4 Å². The Hall–Kier alpha value is -0.717. The molecule has 7 heteroatoms. The molecule has 2 nitrogen and oxygen atoms in total. The van der Waals surface area contributed by atoms with Gasteiger partial charge in [-0.05, 0) is 85.8 Å². The van der Waals surface area contributed by atoms with Crippen LogP contribution in [0, 0.1) is 0 Å². The first-order chi connectivity index (χ1) is 43.4. The summed E-state index contributed by atoms with van der Waals surface area (Å²) >= 11 is 21.0. The average molecular weight is 1360 g/mol. The number of benzene rings is 2. The molecule has 2 N–H and O–H groups in total. The Balaban J connectivity index is 0.00000172. The van der Waals surface area contributed by atoms with E-state index in [2.05, 4.69) is 74.7 Å². The molecule has 2 aromatic rings. The van der Waals surface area contributed by atoms with Crippen molar-refractivity contribution in [3.8, 4) is 0 Å². The molecule has 0 aromatic heterocycles. The second kappa shape index (κ2) is 71.6. The normalized spacial score (nSPS) is 11.2. The quantitative estimate of drug-likeness (QED) is 0.0296. The zero-order chi connectivity index (χ0) is 63.5. The molecule has 0 bridgehead atoms. The van der Waals surface area contributed by atoms with Gasteiger partial charge in [-0.1, -0.05) is 420 Å². The SMILES string of the molecule is CCCCCCCCCCCCCCCCCc1cccc(NC(=S)[S-])c1CCCCCCCCCCCCCCCCC.CCCCCCCCCCCCCCCCCc1cccc(NC(=S)[S-])c1CCCCCCCCCCCCCCCCC.[Zn+2]. The summed E-state index contributed by atoms with van der Waals surface area (Å²) in [5, 5.41) is 6.63. The molecule has 0 saturated carbocycles. The van der Waals surface area contributed by atoms with Gasteiger partial charge >= 0.3 is 19.5 Å². The van der Waals surface area contributed by atoms with Crippen LogP contribution in [0.2, 0.25) is 0 Å². The Kier molecular flexibility index (Phi) is 71.0. The molecule has 2 rings (SSSR count). The van der Waals surface area contributed by atoms with Crippen LogP contribution in [-0.2, 0) is 70.4 Å². The number of unbranched alkanes of at least 4 members (excludes halogenated alkanes) is 56. The molecular formula is C82H148N2S4Zn. The predicted octanol–water partition coefficient (Wildman–Crippen LogP) is 29.5. The van der Waals surface area contributed by atoms with Crippen molar-refractivity contribution in [2.75, 3.05) is 10.6 Å². The monoisotopic (exact) mass is 1350 g/mol. The Labute approximate surface area is 592 Å². The van der Waals surface area contributed by atoms with Crippen LogP contribution in [0.3, 0.4) is 0 Å². The Morgan fingerprint density at radius 1 is 0.247 bits per heavy atom. The van der Waals surface area contributed by atoms with Crippen LogP contribution >= 0.6 is 24.4 Å². The molecule has 0 unspecified atom stereocenters. The topological polar surface area (TPSA) is 24.1 Å². The standard InChI is InChI=1S/2C41H75NS2.Zn/c2*1-3-5-7-9-11-13-15-17-19-21-23-25-27-29-31-34-38-35-33-37-40(42-41(43)44)39(38)36-32-30-28-26-24-22-20-18-16-14-12-10-8-6-4-2;/h2*33,35,37H,3-32,34,36H2,1-2H3,(H2,42,43,44);/q;;+2/p-2. The van der Waals surface area contributed by atoms with Crippen LogP contribution in [0.1, 0.15) is 435 Å². The zero-order valence-electron chi connectivity index (χ0n) is 60.1. The zero-order valence-corrected chi connectivity index (χ0v) is 66.3. The molecule has 0 aliphatic carbocycles. The fourth-order valence-corrected chi connectivity index (χ4v) is 13.9. The molecule has 0 saturated heterocycles. The summed E-state index contributed by atoms with van der Waals surface area (Å²) in [6.07, 6.45) is 89.6. The van der Waals surface area contributed by atoms with Gasteiger partial charge in [-0.15, -0.1) is 0 Å². The van der Waals surface area contributed by atoms with E-state index in [0.717, 1.165) is 24.2 Å². The van der Waals surface area contributed by atoms with Gasteiger partial charge in [-0.25, -0.2) is 0 Å². The van der Waals surface area contributed by atoms with E-state index in [4.69, 9.17) is 49.7 Å². The summed E-state index contributed by atoms with van der Waals surface area (Å²) in [6.45, 7) is 9.20. The van der Waals surface area contributed by atoms with Gasteiger partial charge in [0.1, 0.15) is 0 Å². The summed E-state index contributed by atoms with van der Waals surface area (Å²) in [7, 11) is 0. The second-order valence-electron chi connectivity index (χ2n) is 27.5. The van der Waals surface area contributed by atoms with Crippen LogP contribution in [0.5, 0.6) is 0 Å². The summed E-state index contributed by atoms with van der Waals surface area (Å²) in [6, 6.07) is 13.4. The van der Waals surface area contributed by atoms with Gasteiger partial charge in [0.25, 0.3) is 0 Å². The first kappa shape index (κ1) is 88.3. The van der Waals surface area contributed by atoms with Crippen LogP contribution in [0.15, 0.2) is 36.4 Å². The fraction of sp³-hybridized carbons (Fsp3) is 0.829. The molecular weight excluding hydrogens is 1210 g/mol. The van der Waals surface area contributed by atoms with E-state index >= 15 is 0 Å². The molecule has 0 radical (unpaired) electrons. The molecule has 0 aliphatic heterocycles. The summed E-state index contributed by atoms with van der Waals surface area (Å²) in [5.74, 6) is 0. The van der Waals surface area contributed by atoms with E-state index in [-0.39, 0.29) is 19.5 Å². The maximum absolute atomic E-state index is 5.24. The number of hydrogen-bond acceptors (Lipinski definition) is 4. The van der Waals surface area contributed by atoms with Crippen molar-refractivity contribution >= 4 is 69.7 Å². The van der Waals surface area contributed by atoms with Gasteiger partial charge in [-0.3, -0.25) is 0 Å². The molecule has 0 amide bonds. The van der Waals surface area contributed by atoms with E-state index in [0.29, 0.717) is 8.64 Å². The minimum absolute atomic E-state index is 0. The van der Waals surface area contributed by atoms with E-state index in [1.54, 1.807) is 0 Å². The predicted molar refractivity (Wildman–Crippen MR) is 415 cm³/mol. The maximum atomic E-state index is 5.24. The molecule has 0 aliphatic rings. The average Bonchev–Trinajstić information content (AvgIpc) is 3.67. The third-order valence-electron chi connectivity index (χ3n) is 19.2. The molecule has 0 spiro atoms. The summed E-state index contributed by atoms with van der Waals surface area (Å²) in [4.78, 5) is 0. The summed E-state index contributed by atoms with van der Waals surface area (Å²) < 4.78 is 0.929. The van der Waals surface area contributed by atoms with Crippen LogP contribution < -0.4 is 10.6 Å². The molecule has 512 valence electrons. The van der Waals surface area contributed by atoms with Gasteiger partial charge in [-0.2, -0.15) is 0 Å². The number of aryl methyl sites for hydroxylation is 2. The Morgan fingerprint density at radius 2 is 0.404 bits per heavy atom. The van der Waals surface area contributed by atoms with Crippen molar-refractivity contribution in [2.45, 2.75) is 439 Å². The number of rotatable bonds is 66. The first-order valence-corrected chi connectivity index (χ1v) is 41.2. The van der Waals surface area contributed by atoms with E-state index in [9.17, 15) is 0 Å². The third-order valence-corrected chi connectivity index (χ3v) is 19.6. The summed E-state index contributed by atoms with van der Waals surface area (Å²) in [5.41, 5.74) is 8.30. The van der Waals surface area contributed by atoms with E-state index in [1.165, 1.54) is 420 Å². The van der Waals surface area contributed by atoms with Gasteiger partial charge in [0, 0.05) is 11.4 Å². The number of nitrogens with one attached hydrogen (secondary N) is 2. The van der Waals surface area contributed by atoms with Crippen molar-refractivity contribution in [1.29, 1.82) is 0 Å². The van der Waals surface area contributed by atoms with Crippen molar-refractivity contribution in [2.24, 2.45) is 0 Å². The molecule has 89 heavy (non-hydrogen) atoms. The number of thiocarbonyl (C=S) groups is 2. The van der Waals surface area contributed by atoms with Crippen molar-refractivity contribution < 1.29 is 19.5 Å². The molecule has 0 atom stereocenters. The maximum Gasteiger partial charge on any atom is 2.00 e. The van der Waals surface area contributed by atoms with Crippen LogP contribution in [0.25, 0.3) is 0 Å². The van der Waals surface area contributed by atoms with Gasteiger partial charge < -0.3 is 60.3 Å². The minimum Gasteiger partial charge on any atom is -0.411 e. The minimum atomic E-state index is 0. The van der Waals surface area contributed by atoms with Gasteiger partial charge in [0.05, 0.1) is 0 Å². The first-order valence-electron chi connectivity index (χ1n) is 39.5. The Bertz CT molecular complexity index is 1660. The Morgan fingerprint density at radius 3 is 0.573 bits per heavy atom. The number of hydrogen-bond donors (Lipinski definition) is 2. The van der Waals surface area contributed by atoms with Crippen molar-refractivity contribution in [3.05, 3.63) is 58.7 Å². The fourth-order valence-electron chi connectivity index (χ4n) is 13.5. The second-order valence-corrected chi connectivity index (χ2v) is 29.7. The van der Waals surface area contributed by atoms with Crippen molar-refractivity contribution in [3.63, 3.8) is 0 Å². The van der Waals surface area contributed by atoms with Crippen LogP contribution in [-0.4, -0.2) is 8.64 Å². The number of anilines is 2. The van der Waals surface area contributed by atoms with Crippen molar-refractivity contribution in [1.82, 2.24) is 0 Å². The largest absolute Gasteiger partial charge is 2.00 e. The molecule has 2 aromatic carbocycles. The van der Waals surface area contributed by atoms with Gasteiger partial charge in [0.2, 0.25) is 0 Å². The molecule has 0 fully saturated rings. The van der Waals surface area contributed by atoms with E-state index < -0.39 is 0 Å². The van der Waals surface area contributed by atoms with E-state index in [1.807, 2.05) is 0 Å².